The standard InChI is InChI=1S/C16H22IN5O/c1-15(2)10-23-16(13(15)18)3-6-21(7-4-16)14-20-9-11(17)12-19-5-8-22(12)14/h5,8-9,13H,3-4,6-7,10,18H2,1-2H3/t13-/m1/s1. The lowest BCUT2D eigenvalue weighted by molar-refractivity contribution is -0.0236. The van der Waals surface area contributed by atoms with Gasteiger partial charge in [0.1, 0.15) is 0 Å². The van der Waals surface area contributed by atoms with Gasteiger partial charge in [-0.25, -0.2) is 9.97 Å². The fraction of sp³-hybridized carbons (Fsp3) is 0.625. The number of ether oxygens (including phenoxy) is 1. The van der Waals surface area contributed by atoms with Gasteiger partial charge in [-0.15, -0.1) is 0 Å². The van der Waals surface area contributed by atoms with E-state index in [1.807, 2.05) is 18.6 Å². The van der Waals surface area contributed by atoms with E-state index in [4.69, 9.17) is 10.5 Å². The molecule has 4 heterocycles. The van der Waals surface area contributed by atoms with E-state index in [0.717, 1.165) is 47.7 Å². The van der Waals surface area contributed by atoms with E-state index in [-0.39, 0.29) is 17.1 Å². The van der Waals surface area contributed by atoms with Crippen molar-refractivity contribution in [3.05, 3.63) is 22.2 Å². The van der Waals surface area contributed by atoms with Crippen LogP contribution in [-0.4, -0.2) is 45.7 Å². The molecule has 0 bridgehead atoms. The quantitative estimate of drug-likeness (QED) is 0.706. The van der Waals surface area contributed by atoms with Gasteiger partial charge >= 0.3 is 0 Å². The average molecular weight is 427 g/mol. The van der Waals surface area contributed by atoms with Gasteiger partial charge in [-0.1, -0.05) is 13.8 Å². The minimum absolute atomic E-state index is 0.0564. The largest absolute Gasteiger partial charge is 0.373 e. The summed E-state index contributed by atoms with van der Waals surface area (Å²) in [4.78, 5) is 11.4. The van der Waals surface area contributed by atoms with Crippen LogP contribution >= 0.6 is 22.6 Å². The molecule has 0 unspecified atom stereocenters. The predicted octanol–water partition coefficient (Wildman–Crippen LogP) is 2.06. The number of anilines is 1. The summed E-state index contributed by atoms with van der Waals surface area (Å²) < 4.78 is 9.32. The van der Waals surface area contributed by atoms with Crippen LogP contribution in [-0.2, 0) is 4.74 Å². The number of fused-ring (bicyclic) bond motifs is 1. The highest BCUT2D eigenvalue weighted by Gasteiger charge is 2.53. The lowest BCUT2D eigenvalue weighted by Gasteiger charge is -2.42. The number of rotatable bonds is 1. The van der Waals surface area contributed by atoms with Crippen molar-refractivity contribution >= 4 is 34.2 Å². The molecule has 1 atom stereocenters. The Kier molecular flexibility index (Phi) is 3.58. The smallest absolute Gasteiger partial charge is 0.211 e. The van der Waals surface area contributed by atoms with Gasteiger partial charge in [0.2, 0.25) is 5.95 Å². The van der Waals surface area contributed by atoms with Gasteiger partial charge in [0.15, 0.2) is 5.65 Å². The Morgan fingerprint density at radius 3 is 2.70 bits per heavy atom. The van der Waals surface area contributed by atoms with Crippen molar-refractivity contribution in [2.45, 2.75) is 38.3 Å². The molecule has 7 heteroatoms. The predicted molar refractivity (Wildman–Crippen MR) is 97.6 cm³/mol. The zero-order chi connectivity index (χ0) is 16.2. The van der Waals surface area contributed by atoms with E-state index >= 15 is 0 Å². The van der Waals surface area contributed by atoms with Crippen LogP contribution in [0.25, 0.3) is 5.65 Å². The number of hydrogen-bond acceptors (Lipinski definition) is 5. The molecule has 6 nitrogen and oxygen atoms in total. The highest BCUT2D eigenvalue weighted by molar-refractivity contribution is 14.1. The molecule has 2 aliphatic rings. The van der Waals surface area contributed by atoms with Crippen LogP contribution in [0.3, 0.4) is 0 Å². The first-order chi connectivity index (χ1) is 10.9. The molecule has 2 aliphatic heterocycles. The van der Waals surface area contributed by atoms with Crippen molar-refractivity contribution in [3.8, 4) is 0 Å². The average Bonchev–Trinajstić information content (AvgIpc) is 3.11. The number of imidazole rings is 1. The Labute approximate surface area is 149 Å². The maximum atomic E-state index is 6.52. The molecule has 0 saturated carbocycles. The SMILES string of the molecule is CC1(C)COC2(CCN(c3ncc(I)c4nccn34)CC2)[C@@H]1N. The minimum atomic E-state index is -0.169. The van der Waals surface area contributed by atoms with Crippen LogP contribution in [0.1, 0.15) is 26.7 Å². The zero-order valence-corrected chi connectivity index (χ0v) is 15.7. The number of aromatic nitrogens is 3. The van der Waals surface area contributed by atoms with Crippen LogP contribution in [0.15, 0.2) is 18.6 Å². The maximum Gasteiger partial charge on any atom is 0.211 e. The van der Waals surface area contributed by atoms with Crippen molar-refractivity contribution in [1.29, 1.82) is 0 Å². The molecule has 0 amide bonds. The zero-order valence-electron chi connectivity index (χ0n) is 13.5. The number of nitrogens with two attached hydrogens (primary N) is 1. The number of piperidine rings is 1. The summed E-state index contributed by atoms with van der Waals surface area (Å²) in [7, 11) is 0. The molecule has 2 saturated heterocycles. The van der Waals surface area contributed by atoms with Crippen LogP contribution in [0, 0.1) is 8.99 Å². The van der Waals surface area contributed by atoms with Gasteiger partial charge in [-0.3, -0.25) is 4.40 Å². The van der Waals surface area contributed by atoms with Crippen LogP contribution in [0.4, 0.5) is 5.95 Å². The molecule has 2 aromatic heterocycles. The summed E-state index contributed by atoms with van der Waals surface area (Å²) in [5, 5.41) is 0. The number of nitrogens with zero attached hydrogens (tertiary/aromatic N) is 4. The van der Waals surface area contributed by atoms with Gasteiger partial charge < -0.3 is 15.4 Å². The van der Waals surface area contributed by atoms with Crippen LogP contribution < -0.4 is 10.6 Å². The van der Waals surface area contributed by atoms with Crippen LogP contribution in [0.2, 0.25) is 0 Å². The van der Waals surface area contributed by atoms with Crippen molar-refractivity contribution < 1.29 is 4.74 Å². The Morgan fingerprint density at radius 2 is 2.04 bits per heavy atom. The van der Waals surface area contributed by atoms with Crippen molar-refractivity contribution in [2.75, 3.05) is 24.6 Å². The van der Waals surface area contributed by atoms with E-state index in [1.165, 1.54) is 0 Å². The monoisotopic (exact) mass is 427 g/mol. The van der Waals surface area contributed by atoms with Gasteiger partial charge in [-0.05, 0) is 35.4 Å². The second-order valence-corrected chi connectivity index (χ2v) is 8.50. The first-order valence-corrected chi connectivity index (χ1v) is 9.13. The molecule has 0 aromatic carbocycles. The summed E-state index contributed by atoms with van der Waals surface area (Å²) in [6, 6.07) is 0.0927. The summed E-state index contributed by atoms with van der Waals surface area (Å²) in [5.74, 6) is 0.957. The Bertz CT molecular complexity index is 735. The maximum absolute atomic E-state index is 6.52. The molecule has 124 valence electrons. The van der Waals surface area contributed by atoms with Crippen molar-refractivity contribution in [2.24, 2.45) is 11.1 Å². The second-order valence-electron chi connectivity index (χ2n) is 7.33. The fourth-order valence-corrected chi connectivity index (χ4v) is 4.41. The second kappa shape index (κ2) is 5.29. The third-order valence-corrected chi connectivity index (χ3v) is 6.16. The molecule has 1 spiro atoms. The lowest BCUT2D eigenvalue weighted by atomic mass is 9.75. The fourth-order valence-electron chi connectivity index (χ4n) is 3.87. The van der Waals surface area contributed by atoms with Crippen LogP contribution in [0.5, 0.6) is 0 Å². The Morgan fingerprint density at radius 1 is 1.30 bits per heavy atom. The van der Waals surface area contributed by atoms with Gasteiger partial charge in [0.05, 0.1) is 15.8 Å². The number of hydrogen-bond donors (Lipinski definition) is 1. The van der Waals surface area contributed by atoms with E-state index in [9.17, 15) is 0 Å². The molecule has 2 aromatic rings. The Hall–Kier alpha value is -0.930. The van der Waals surface area contributed by atoms with E-state index in [2.05, 4.69) is 55.7 Å². The third-order valence-electron chi connectivity index (χ3n) is 5.40. The molecular weight excluding hydrogens is 405 g/mol. The topological polar surface area (TPSA) is 68.7 Å². The molecule has 2 N–H and O–H groups in total. The van der Waals surface area contributed by atoms with E-state index in [1.54, 1.807) is 0 Å². The third kappa shape index (κ3) is 2.35. The highest BCUT2D eigenvalue weighted by atomic mass is 127. The van der Waals surface area contributed by atoms with Gasteiger partial charge in [0, 0.05) is 43.1 Å². The molecule has 0 aliphatic carbocycles. The summed E-state index contributed by atoms with van der Waals surface area (Å²) >= 11 is 2.27. The molecular formula is C16H22IN5O. The van der Waals surface area contributed by atoms with Gasteiger partial charge in [0.25, 0.3) is 0 Å². The molecule has 2 fully saturated rings. The number of halogens is 1. The highest BCUT2D eigenvalue weighted by Crippen LogP contribution is 2.44. The Balaban J connectivity index is 1.58. The first-order valence-electron chi connectivity index (χ1n) is 8.05. The summed E-state index contributed by atoms with van der Waals surface area (Å²) in [6.45, 7) is 6.97. The lowest BCUT2D eigenvalue weighted by Crippen LogP contribution is -2.56. The summed E-state index contributed by atoms with van der Waals surface area (Å²) in [6.07, 6.45) is 7.59. The molecule has 4 rings (SSSR count). The molecule has 23 heavy (non-hydrogen) atoms. The first kappa shape index (κ1) is 15.6. The van der Waals surface area contributed by atoms with Crippen molar-refractivity contribution in [1.82, 2.24) is 14.4 Å². The minimum Gasteiger partial charge on any atom is -0.373 e. The van der Waals surface area contributed by atoms with Gasteiger partial charge in [-0.2, -0.15) is 0 Å². The van der Waals surface area contributed by atoms with E-state index < -0.39 is 0 Å². The normalized spacial score (nSPS) is 26.3. The van der Waals surface area contributed by atoms with E-state index in [0.29, 0.717) is 0 Å². The molecule has 0 radical (unpaired) electrons. The summed E-state index contributed by atoms with van der Waals surface area (Å²) in [5.41, 5.74) is 7.38. The van der Waals surface area contributed by atoms with Crippen molar-refractivity contribution in [3.63, 3.8) is 0 Å².